The molecule has 20 heavy (non-hydrogen) atoms. The van der Waals surface area contributed by atoms with Crippen LogP contribution in [0.5, 0.6) is 5.88 Å². The van der Waals surface area contributed by atoms with Crippen LogP contribution in [-0.4, -0.2) is 39.7 Å². The third kappa shape index (κ3) is 2.80. The molecule has 0 radical (unpaired) electrons. The van der Waals surface area contributed by atoms with Crippen LogP contribution in [0.15, 0.2) is 9.59 Å². The standard InChI is InChI=1S/C14H23N3O3/c1-4-10-11(18)15-13(20)17(12(10)19)9-14(2)5-7-16(3)8-6-14/h19H,4-9H2,1-3H3,(H,15,18,20). The zero-order chi connectivity index (χ0) is 14.9. The highest BCUT2D eigenvalue weighted by molar-refractivity contribution is 5.22. The highest BCUT2D eigenvalue weighted by Crippen LogP contribution is 2.32. The monoisotopic (exact) mass is 281 g/mol. The summed E-state index contributed by atoms with van der Waals surface area (Å²) in [4.78, 5) is 28.1. The van der Waals surface area contributed by atoms with Crippen molar-refractivity contribution in [1.82, 2.24) is 14.5 Å². The molecule has 0 saturated carbocycles. The summed E-state index contributed by atoms with van der Waals surface area (Å²) in [5, 5.41) is 10.2. The molecular weight excluding hydrogens is 258 g/mol. The van der Waals surface area contributed by atoms with Gasteiger partial charge in [0.2, 0.25) is 5.88 Å². The summed E-state index contributed by atoms with van der Waals surface area (Å²) in [5.41, 5.74) is -0.761. The Morgan fingerprint density at radius 1 is 1.30 bits per heavy atom. The molecule has 0 amide bonds. The zero-order valence-electron chi connectivity index (χ0n) is 12.4. The maximum atomic E-state index is 11.9. The Morgan fingerprint density at radius 2 is 1.90 bits per heavy atom. The Kier molecular flexibility index (Phi) is 4.04. The number of aromatic hydroxyl groups is 1. The van der Waals surface area contributed by atoms with Crippen molar-refractivity contribution in [3.63, 3.8) is 0 Å². The maximum Gasteiger partial charge on any atom is 0.331 e. The molecule has 2 N–H and O–H groups in total. The normalized spacial score (nSPS) is 19.1. The summed E-state index contributed by atoms with van der Waals surface area (Å²) in [5.74, 6) is -0.179. The molecule has 1 aliphatic rings. The Hall–Kier alpha value is -1.56. The van der Waals surface area contributed by atoms with E-state index in [2.05, 4.69) is 23.9 Å². The van der Waals surface area contributed by atoms with Crippen LogP contribution >= 0.6 is 0 Å². The Labute approximate surface area is 118 Å². The number of hydrogen-bond acceptors (Lipinski definition) is 4. The van der Waals surface area contributed by atoms with E-state index in [1.807, 2.05) is 0 Å². The molecule has 1 aromatic heterocycles. The van der Waals surface area contributed by atoms with Crippen LogP contribution in [0.2, 0.25) is 0 Å². The van der Waals surface area contributed by atoms with Crippen LogP contribution < -0.4 is 11.2 Å². The van der Waals surface area contributed by atoms with Crippen molar-refractivity contribution >= 4 is 0 Å². The van der Waals surface area contributed by atoms with E-state index in [0.29, 0.717) is 13.0 Å². The molecule has 2 heterocycles. The van der Waals surface area contributed by atoms with E-state index in [0.717, 1.165) is 25.9 Å². The lowest BCUT2D eigenvalue weighted by Crippen LogP contribution is -2.42. The average molecular weight is 281 g/mol. The van der Waals surface area contributed by atoms with E-state index in [1.165, 1.54) is 4.57 Å². The van der Waals surface area contributed by atoms with E-state index in [4.69, 9.17) is 0 Å². The average Bonchev–Trinajstić information content (AvgIpc) is 2.39. The number of piperidine rings is 1. The number of H-pyrrole nitrogens is 1. The number of rotatable bonds is 3. The minimum absolute atomic E-state index is 0.0307. The molecule has 2 rings (SSSR count). The first-order valence-electron chi connectivity index (χ1n) is 7.10. The fourth-order valence-electron chi connectivity index (χ4n) is 2.76. The molecule has 0 atom stereocenters. The van der Waals surface area contributed by atoms with Crippen molar-refractivity contribution in [2.24, 2.45) is 5.41 Å². The predicted molar refractivity (Wildman–Crippen MR) is 77.2 cm³/mol. The maximum absolute atomic E-state index is 11.9. The third-order valence-electron chi connectivity index (χ3n) is 4.35. The molecule has 0 aliphatic carbocycles. The minimum Gasteiger partial charge on any atom is -0.494 e. The van der Waals surface area contributed by atoms with Crippen LogP contribution in [0.3, 0.4) is 0 Å². The van der Waals surface area contributed by atoms with Crippen molar-refractivity contribution in [3.8, 4) is 5.88 Å². The number of hydrogen-bond donors (Lipinski definition) is 2. The second-order valence-corrected chi connectivity index (χ2v) is 6.12. The van der Waals surface area contributed by atoms with Crippen molar-refractivity contribution in [2.75, 3.05) is 20.1 Å². The van der Waals surface area contributed by atoms with Crippen molar-refractivity contribution in [1.29, 1.82) is 0 Å². The van der Waals surface area contributed by atoms with E-state index in [-0.39, 0.29) is 16.9 Å². The fourth-order valence-corrected chi connectivity index (χ4v) is 2.76. The van der Waals surface area contributed by atoms with Gasteiger partial charge >= 0.3 is 5.69 Å². The first-order chi connectivity index (χ1) is 9.36. The van der Waals surface area contributed by atoms with Crippen LogP contribution in [0.4, 0.5) is 0 Å². The second kappa shape index (κ2) is 5.44. The Bertz CT molecular complexity index is 595. The lowest BCUT2D eigenvalue weighted by Gasteiger charge is -2.38. The van der Waals surface area contributed by atoms with E-state index in [1.54, 1.807) is 6.92 Å². The number of likely N-dealkylation sites (tertiary alicyclic amines) is 1. The Morgan fingerprint density at radius 3 is 2.45 bits per heavy atom. The zero-order valence-corrected chi connectivity index (χ0v) is 12.4. The molecule has 1 saturated heterocycles. The topological polar surface area (TPSA) is 78.3 Å². The van der Waals surface area contributed by atoms with Crippen LogP contribution in [0.1, 0.15) is 32.3 Å². The van der Waals surface area contributed by atoms with Gasteiger partial charge in [0.05, 0.1) is 5.56 Å². The van der Waals surface area contributed by atoms with E-state index >= 15 is 0 Å². The lowest BCUT2D eigenvalue weighted by molar-refractivity contribution is 0.115. The molecule has 1 aliphatic heterocycles. The van der Waals surface area contributed by atoms with Gasteiger partial charge in [-0.2, -0.15) is 0 Å². The summed E-state index contributed by atoms with van der Waals surface area (Å²) in [6, 6.07) is 0. The first-order valence-corrected chi connectivity index (χ1v) is 7.10. The SMILES string of the molecule is CCc1c(O)n(CC2(C)CCN(C)CC2)c(=O)[nH]c1=O. The molecular formula is C14H23N3O3. The largest absolute Gasteiger partial charge is 0.494 e. The van der Waals surface area contributed by atoms with Crippen LogP contribution in [-0.2, 0) is 13.0 Å². The van der Waals surface area contributed by atoms with Gasteiger partial charge in [-0.05, 0) is 44.8 Å². The van der Waals surface area contributed by atoms with Gasteiger partial charge in [-0.15, -0.1) is 0 Å². The molecule has 6 heteroatoms. The molecule has 0 spiro atoms. The molecule has 1 fully saturated rings. The van der Waals surface area contributed by atoms with Crippen LogP contribution in [0, 0.1) is 5.41 Å². The summed E-state index contributed by atoms with van der Waals surface area (Å²) in [7, 11) is 2.08. The second-order valence-electron chi connectivity index (χ2n) is 6.12. The molecule has 0 bridgehead atoms. The number of aromatic nitrogens is 2. The molecule has 6 nitrogen and oxygen atoms in total. The summed E-state index contributed by atoms with van der Waals surface area (Å²) in [6.07, 6.45) is 2.34. The van der Waals surface area contributed by atoms with Gasteiger partial charge in [0.25, 0.3) is 5.56 Å². The van der Waals surface area contributed by atoms with E-state index < -0.39 is 11.2 Å². The summed E-state index contributed by atoms with van der Waals surface area (Å²) < 4.78 is 1.31. The predicted octanol–water partition coefficient (Wildman–Crippen LogP) is 0.536. The molecule has 0 unspecified atom stereocenters. The minimum atomic E-state index is -0.523. The smallest absolute Gasteiger partial charge is 0.331 e. The molecule has 112 valence electrons. The van der Waals surface area contributed by atoms with E-state index in [9.17, 15) is 14.7 Å². The van der Waals surface area contributed by atoms with Gasteiger partial charge in [0, 0.05) is 6.54 Å². The fraction of sp³-hybridized carbons (Fsp3) is 0.714. The van der Waals surface area contributed by atoms with Gasteiger partial charge in [0.1, 0.15) is 0 Å². The first kappa shape index (κ1) is 14.8. The van der Waals surface area contributed by atoms with Crippen molar-refractivity contribution < 1.29 is 5.11 Å². The Balaban J connectivity index is 2.34. The third-order valence-corrected chi connectivity index (χ3v) is 4.35. The van der Waals surface area contributed by atoms with Crippen molar-refractivity contribution in [2.45, 2.75) is 39.7 Å². The molecule has 1 aromatic rings. The van der Waals surface area contributed by atoms with Crippen molar-refractivity contribution in [3.05, 3.63) is 26.4 Å². The van der Waals surface area contributed by atoms with Gasteiger partial charge < -0.3 is 10.0 Å². The highest BCUT2D eigenvalue weighted by atomic mass is 16.3. The number of aromatic amines is 1. The lowest BCUT2D eigenvalue weighted by atomic mass is 9.80. The number of nitrogens with zero attached hydrogens (tertiary/aromatic N) is 2. The highest BCUT2D eigenvalue weighted by Gasteiger charge is 2.30. The number of nitrogens with one attached hydrogen (secondary N) is 1. The molecule has 0 aromatic carbocycles. The van der Waals surface area contributed by atoms with Crippen LogP contribution in [0.25, 0.3) is 0 Å². The van der Waals surface area contributed by atoms with Gasteiger partial charge in [-0.1, -0.05) is 13.8 Å². The van der Waals surface area contributed by atoms with Gasteiger partial charge in [-0.3, -0.25) is 14.3 Å². The summed E-state index contributed by atoms with van der Waals surface area (Å²) >= 11 is 0. The quantitative estimate of drug-likeness (QED) is 0.847. The van der Waals surface area contributed by atoms with Gasteiger partial charge in [-0.25, -0.2) is 4.79 Å². The van der Waals surface area contributed by atoms with Gasteiger partial charge in [0.15, 0.2) is 0 Å². The summed E-state index contributed by atoms with van der Waals surface area (Å²) in [6.45, 7) is 6.32.